The number of fused-ring (bicyclic) bond motifs is 2. The summed E-state index contributed by atoms with van der Waals surface area (Å²) >= 11 is 0. The van der Waals surface area contributed by atoms with Crippen molar-refractivity contribution in [1.29, 1.82) is 0 Å². The number of rotatable bonds is 3. The second-order valence-electron chi connectivity index (χ2n) is 5.73. The molecule has 0 aliphatic carbocycles. The fraction of sp³-hybridized carbons (Fsp3) is 0.222. The highest BCUT2D eigenvalue weighted by molar-refractivity contribution is 5.82. The lowest BCUT2D eigenvalue weighted by molar-refractivity contribution is -0.131. The van der Waals surface area contributed by atoms with Gasteiger partial charge in [-0.3, -0.25) is 4.79 Å². The van der Waals surface area contributed by atoms with Crippen molar-refractivity contribution in [1.82, 2.24) is 15.3 Å². The molecular formula is C18H17N3O3. The van der Waals surface area contributed by atoms with Crippen molar-refractivity contribution >= 4 is 16.9 Å². The molecule has 2 N–H and O–H groups in total. The maximum Gasteiger partial charge on any atom is 0.265 e. The smallest absolute Gasteiger partial charge is 0.265 e. The topological polar surface area (TPSA) is 76.2 Å². The Balaban J connectivity index is 1.46. The summed E-state index contributed by atoms with van der Waals surface area (Å²) in [6.07, 6.45) is -0.674. The molecule has 3 aromatic rings. The number of hydrogen-bond donors (Lipinski definition) is 2. The van der Waals surface area contributed by atoms with E-state index in [1.54, 1.807) is 6.07 Å². The first-order valence-corrected chi connectivity index (χ1v) is 7.84. The van der Waals surface area contributed by atoms with Crippen LogP contribution in [0.4, 0.5) is 0 Å². The molecule has 2 heterocycles. The van der Waals surface area contributed by atoms with Crippen LogP contribution < -0.4 is 14.8 Å². The van der Waals surface area contributed by atoms with Crippen LogP contribution in [0.1, 0.15) is 18.8 Å². The first-order chi connectivity index (χ1) is 11.7. The molecule has 24 heavy (non-hydrogen) atoms. The molecule has 0 saturated heterocycles. The monoisotopic (exact) mass is 323 g/mol. The number of carbonyl (C=O) groups is 1. The number of amides is 1. The minimum atomic E-state index is -0.674. The van der Waals surface area contributed by atoms with Crippen molar-refractivity contribution in [2.45, 2.75) is 19.1 Å². The highest BCUT2D eigenvalue weighted by Gasteiger charge is 2.28. The van der Waals surface area contributed by atoms with Gasteiger partial charge in [-0.15, -0.1) is 0 Å². The predicted molar refractivity (Wildman–Crippen MR) is 89.0 cm³/mol. The molecule has 122 valence electrons. The van der Waals surface area contributed by atoms with Crippen molar-refractivity contribution in [2.75, 3.05) is 6.61 Å². The largest absolute Gasteiger partial charge is 0.485 e. The molecule has 2 aromatic carbocycles. The standard InChI is InChI=1S/C18H17N3O3/c1-11(17-20-12-6-2-3-7-13(12)21-17)19-18(22)16-10-23-14-8-4-5-9-15(14)24-16/h2-9,11,16H,10H2,1H3,(H,19,22)(H,20,21)/t11-,16+/m0/s1. The highest BCUT2D eigenvalue weighted by atomic mass is 16.6. The van der Waals surface area contributed by atoms with Gasteiger partial charge in [-0.05, 0) is 31.2 Å². The summed E-state index contributed by atoms with van der Waals surface area (Å²) in [5.41, 5.74) is 1.82. The molecule has 0 fully saturated rings. The van der Waals surface area contributed by atoms with Crippen LogP contribution in [0, 0.1) is 0 Å². The number of imidazole rings is 1. The Kier molecular flexibility index (Phi) is 3.57. The molecule has 0 spiro atoms. The lowest BCUT2D eigenvalue weighted by Crippen LogP contribution is -2.44. The number of nitrogens with zero attached hydrogens (tertiary/aromatic N) is 1. The van der Waals surface area contributed by atoms with Gasteiger partial charge in [-0.1, -0.05) is 24.3 Å². The summed E-state index contributed by atoms with van der Waals surface area (Å²) in [4.78, 5) is 20.2. The van der Waals surface area contributed by atoms with Gasteiger partial charge in [0.05, 0.1) is 17.1 Å². The molecule has 6 heteroatoms. The van der Waals surface area contributed by atoms with Crippen molar-refractivity contribution in [3.63, 3.8) is 0 Å². The Hall–Kier alpha value is -3.02. The number of aromatic amines is 1. The average Bonchev–Trinajstić information content (AvgIpc) is 3.05. The predicted octanol–water partition coefficient (Wildman–Crippen LogP) is 2.58. The van der Waals surface area contributed by atoms with E-state index in [4.69, 9.17) is 9.47 Å². The number of aromatic nitrogens is 2. The maximum absolute atomic E-state index is 12.4. The zero-order valence-corrected chi connectivity index (χ0v) is 13.2. The number of carbonyl (C=O) groups excluding carboxylic acids is 1. The van der Waals surface area contributed by atoms with Crippen molar-refractivity contribution in [3.05, 3.63) is 54.4 Å². The van der Waals surface area contributed by atoms with Gasteiger partial charge < -0.3 is 19.8 Å². The SMILES string of the molecule is C[C@H](NC(=O)[C@H]1COc2ccccc2O1)c1nc2ccccc2[nH]1. The summed E-state index contributed by atoms with van der Waals surface area (Å²) in [7, 11) is 0. The summed E-state index contributed by atoms with van der Waals surface area (Å²) in [5, 5.41) is 2.92. The molecule has 4 rings (SSSR count). The summed E-state index contributed by atoms with van der Waals surface area (Å²) in [6.45, 7) is 2.07. The van der Waals surface area contributed by atoms with Crippen LogP contribution in [0.15, 0.2) is 48.5 Å². The molecule has 1 amide bonds. The van der Waals surface area contributed by atoms with Gasteiger partial charge in [0.1, 0.15) is 12.4 Å². The Bertz CT molecular complexity index is 857. The molecule has 6 nitrogen and oxygen atoms in total. The molecular weight excluding hydrogens is 306 g/mol. The third-order valence-electron chi connectivity index (χ3n) is 3.98. The van der Waals surface area contributed by atoms with E-state index in [1.165, 1.54) is 0 Å². The van der Waals surface area contributed by atoms with E-state index in [-0.39, 0.29) is 18.6 Å². The summed E-state index contributed by atoms with van der Waals surface area (Å²) in [6, 6.07) is 14.8. The minimum absolute atomic E-state index is 0.190. The van der Waals surface area contributed by atoms with Gasteiger partial charge in [0.25, 0.3) is 5.91 Å². The van der Waals surface area contributed by atoms with Gasteiger partial charge in [0.15, 0.2) is 11.5 Å². The molecule has 1 aliphatic heterocycles. The van der Waals surface area contributed by atoms with Crippen molar-refractivity contribution in [2.24, 2.45) is 0 Å². The van der Waals surface area contributed by atoms with Gasteiger partial charge in [-0.25, -0.2) is 4.98 Å². The Morgan fingerprint density at radius 1 is 1.21 bits per heavy atom. The fourth-order valence-electron chi connectivity index (χ4n) is 2.70. The second-order valence-corrected chi connectivity index (χ2v) is 5.73. The van der Waals surface area contributed by atoms with Crippen molar-refractivity contribution < 1.29 is 14.3 Å². The number of nitrogens with one attached hydrogen (secondary N) is 2. The number of benzene rings is 2. The molecule has 1 aromatic heterocycles. The molecule has 0 saturated carbocycles. The van der Waals surface area contributed by atoms with Crippen LogP contribution in [0.5, 0.6) is 11.5 Å². The van der Waals surface area contributed by atoms with Crippen molar-refractivity contribution in [3.8, 4) is 11.5 Å². The number of ether oxygens (including phenoxy) is 2. The Morgan fingerprint density at radius 2 is 1.96 bits per heavy atom. The summed E-state index contributed by atoms with van der Waals surface area (Å²) < 4.78 is 11.3. The minimum Gasteiger partial charge on any atom is -0.485 e. The maximum atomic E-state index is 12.4. The lowest BCUT2D eigenvalue weighted by atomic mass is 10.2. The second kappa shape index (κ2) is 5.88. The van der Waals surface area contributed by atoms with E-state index < -0.39 is 6.10 Å². The van der Waals surface area contributed by atoms with E-state index in [2.05, 4.69) is 15.3 Å². The molecule has 0 radical (unpaired) electrons. The lowest BCUT2D eigenvalue weighted by Gasteiger charge is -2.26. The quantitative estimate of drug-likeness (QED) is 0.777. The average molecular weight is 323 g/mol. The van der Waals surface area contributed by atoms with E-state index in [0.29, 0.717) is 17.3 Å². The number of hydrogen-bond acceptors (Lipinski definition) is 4. The number of H-pyrrole nitrogens is 1. The molecule has 1 aliphatic rings. The molecule has 2 atom stereocenters. The van der Waals surface area contributed by atoms with Gasteiger partial charge in [-0.2, -0.15) is 0 Å². The van der Waals surface area contributed by atoms with E-state index in [0.717, 1.165) is 11.0 Å². The van der Waals surface area contributed by atoms with Gasteiger partial charge >= 0.3 is 0 Å². The normalized spacial score (nSPS) is 17.5. The fourth-order valence-corrected chi connectivity index (χ4v) is 2.70. The van der Waals surface area contributed by atoms with E-state index in [1.807, 2.05) is 49.4 Å². The molecule has 0 unspecified atom stereocenters. The van der Waals surface area contributed by atoms with Crippen LogP contribution in [0.3, 0.4) is 0 Å². The Morgan fingerprint density at radius 3 is 2.79 bits per heavy atom. The van der Waals surface area contributed by atoms with Crippen LogP contribution in [-0.2, 0) is 4.79 Å². The van der Waals surface area contributed by atoms with E-state index in [9.17, 15) is 4.79 Å². The van der Waals surface area contributed by atoms with Crippen LogP contribution in [0.2, 0.25) is 0 Å². The first kappa shape index (κ1) is 14.6. The highest BCUT2D eigenvalue weighted by Crippen LogP contribution is 2.31. The first-order valence-electron chi connectivity index (χ1n) is 7.84. The Labute approximate surface area is 138 Å². The summed E-state index contributed by atoms with van der Waals surface area (Å²) in [5.74, 6) is 1.73. The zero-order chi connectivity index (χ0) is 16.5. The van der Waals surface area contributed by atoms with Gasteiger partial charge in [0.2, 0.25) is 6.10 Å². The number of para-hydroxylation sites is 4. The molecule has 0 bridgehead atoms. The van der Waals surface area contributed by atoms with E-state index >= 15 is 0 Å². The van der Waals surface area contributed by atoms with Gasteiger partial charge in [0, 0.05) is 0 Å². The van der Waals surface area contributed by atoms with Crippen LogP contribution in [-0.4, -0.2) is 28.6 Å². The third-order valence-corrected chi connectivity index (χ3v) is 3.98. The third kappa shape index (κ3) is 2.67. The van der Waals surface area contributed by atoms with Crippen LogP contribution >= 0.6 is 0 Å². The van der Waals surface area contributed by atoms with Crippen LogP contribution in [0.25, 0.3) is 11.0 Å². The zero-order valence-electron chi connectivity index (χ0n) is 13.2.